The normalized spacial score (nSPS) is 18.2. The zero-order valence-electron chi connectivity index (χ0n) is 12.2. The van der Waals surface area contributed by atoms with E-state index in [2.05, 4.69) is 45.5 Å². The molecule has 3 nitrogen and oxygen atoms in total. The Balaban J connectivity index is 1.51. The van der Waals surface area contributed by atoms with Crippen LogP contribution in [0.1, 0.15) is 29.3 Å². The maximum atomic E-state index is 5.72. The number of thiophene rings is 1. The standard InChI is InChI=1S/C17H18BrNO2S/c18-16-6-4-13(22-16)10-19-17(11-1-2-11)12-3-5-14-15(9-12)21-8-7-20-14/h3-6,9,11,17,19H,1-2,7-8,10H2. The highest BCUT2D eigenvalue weighted by atomic mass is 79.9. The summed E-state index contributed by atoms with van der Waals surface area (Å²) >= 11 is 5.32. The minimum Gasteiger partial charge on any atom is -0.486 e. The second-order valence-electron chi connectivity index (χ2n) is 5.80. The lowest BCUT2D eigenvalue weighted by molar-refractivity contribution is 0.171. The van der Waals surface area contributed by atoms with Crippen molar-refractivity contribution in [2.45, 2.75) is 25.4 Å². The number of ether oxygens (including phenoxy) is 2. The van der Waals surface area contributed by atoms with Crippen LogP contribution < -0.4 is 14.8 Å². The molecule has 1 aromatic carbocycles. The highest BCUT2D eigenvalue weighted by Crippen LogP contribution is 2.43. The van der Waals surface area contributed by atoms with E-state index in [0.29, 0.717) is 19.3 Å². The Hall–Kier alpha value is -1.04. The van der Waals surface area contributed by atoms with Crippen molar-refractivity contribution in [3.05, 3.63) is 44.6 Å². The molecular weight excluding hydrogens is 362 g/mol. The van der Waals surface area contributed by atoms with Gasteiger partial charge in [-0.25, -0.2) is 0 Å². The van der Waals surface area contributed by atoms with Gasteiger partial charge in [-0.2, -0.15) is 0 Å². The highest BCUT2D eigenvalue weighted by molar-refractivity contribution is 9.11. The molecule has 1 N–H and O–H groups in total. The van der Waals surface area contributed by atoms with Crippen LogP contribution in [-0.2, 0) is 6.54 Å². The summed E-state index contributed by atoms with van der Waals surface area (Å²) in [5.74, 6) is 2.49. The van der Waals surface area contributed by atoms with Crippen molar-refractivity contribution in [2.75, 3.05) is 13.2 Å². The van der Waals surface area contributed by atoms with Crippen LogP contribution in [0.4, 0.5) is 0 Å². The van der Waals surface area contributed by atoms with Crippen LogP contribution in [0.3, 0.4) is 0 Å². The molecule has 4 rings (SSSR count). The van der Waals surface area contributed by atoms with Gasteiger partial charge in [-0.1, -0.05) is 6.07 Å². The first kappa shape index (κ1) is 14.5. The first-order valence-electron chi connectivity index (χ1n) is 7.67. The van der Waals surface area contributed by atoms with Gasteiger partial charge in [0.15, 0.2) is 11.5 Å². The Bertz CT molecular complexity index is 668. The van der Waals surface area contributed by atoms with Crippen LogP contribution in [-0.4, -0.2) is 13.2 Å². The van der Waals surface area contributed by atoms with Gasteiger partial charge in [0.25, 0.3) is 0 Å². The Labute approximate surface area is 142 Å². The molecule has 2 aliphatic rings. The first-order valence-corrected chi connectivity index (χ1v) is 9.28. The number of hydrogen-bond acceptors (Lipinski definition) is 4. The van der Waals surface area contributed by atoms with Gasteiger partial charge < -0.3 is 14.8 Å². The molecule has 1 aromatic heterocycles. The van der Waals surface area contributed by atoms with E-state index in [1.165, 1.54) is 27.1 Å². The number of fused-ring (bicyclic) bond motifs is 1. The summed E-state index contributed by atoms with van der Waals surface area (Å²) in [5.41, 5.74) is 1.31. The summed E-state index contributed by atoms with van der Waals surface area (Å²) in [6.07, 6.45) is 2.61. The Morgan fingerprint density at radius 2 is 1.95 bits per heavy atom. The van der Waals surface area contributed by atoms with E-state index in [1.54, 1.807) is 11.3 Å². The van der Waals surface area contributed by atoms with Crippen molar-refractivity contribution in [3.63, 3.8) is 0 Å². The van der Waals surface area contributed by atoms with Crippen molar-refractivity contribution < 1.29 is 9.47 Å². The van der Waals surface area contributed by atoms with Crippen LogP contribution in [0.5, 0.6) is 11.5 Å². The molecule has 116 valence electrons. The molecule has 0 spiro atoms. The number of nitrogens with one attached hydrogen (secondary N) is 1. The summed E-state index contributed by atoms with van der Waals surface area (Å²) < 4.78 is 12.5. The lowest BCUT2D eigenvalue weighted by Gasteiger charge is -2.23. The van der Waals surface area contributed by atoms with Gasteiger partial charge in [0.1, 0.15) is 13.2 Å². The summed E-state index contributed by atoms with van der Waals surface area (Å²) in [7, 11) is 0. The Morgan fingerprint density at radius 1 is 1.14 bits per heavy atom. The van der Waals surface area contributed by atoms with Crippen molar-refractivity contribution in [3.8, 4) is 11.5 Å². The molecule has 1 aliphatic heterocycles. The van der Waals surface area contributed by atoms with Crippen LogP contribution in [0.2, 0.25) is 0 Å². The molecule has 1 saturated carbocycles. The molecule has 1 fully saturated rings. The highest BCUT2D eigenvalue weighted by Gasteiger charge is 2.32. The quantitative estimate of drug-likeness (QED) is 0.827. The van der Waals surface area contributed by atoms with Gasteiger partial charge in [-0.05, 0) is 64.5 Å². The molecule has 1 aliphatic carbocycles. The zero-order chi connectivity index (χ0) is 14.9. The smallest absolute Gasteiger partial charge is 0.161 e. The number of rotatable bonds is 5. The lowest BCUT2D eigenvalue weighted by atomic mass is 10.0. The van der Waals surface area contributed by atoms with Crippen LogP contribution >= 0.6 is 27.3 Å². The molecule has 0 amide bonds. The molecule has 22 heavy (non-hydrogen) atoms. The van der Waals surface area contributed by atoms with Gasteiger partial charge in [-0.3, -0.25) is 0 Å². The maximum Gasteiger partial charge on any atom is 0.161 e. The van der Waals surface area contributed by atoms with E-state index in [1.807, 2.05) is 6.07 Å². The molecule has 0 radical (unpaired) electrons. The molecule has 2 aromatic rings. The minimum absolute atomic E-state index is 0.400. The molecule has 2 heterocycles. The average Bonchev–Trinajstić information content (AvgIpc) is 3.29. The Morgan fingerprint density at radius 3 is 2.68 bits per heavy atom. The summed E-state index contributed by atoms with van der Waals surface area (Å²) in [5, 5.41) is 3.73. The molecule has 5 heteroatoms. The van der Waals surface area contributed by atoms with Gasteiger partial charge >= 0.3 is 0 Å². The number of halogens is 1. The second-order valence-corrected chi connectivity index (χ2v) is 8.35. The topological polar surface area (TPSA) is 30.5 Å². The molecule has 1 unspecified atom stereocenters. The van der Waals surface area contributed by atoms with E-state index < -0.39 is 0 Å². The molecule has 0 bridgehead atoms. The van der Waals surface area contributed by atoms with Gasteiger partial charge in [0.05, 0.1) is 3.79 Å². The minimum atomic E-state index is 0.400. The van der Waals surface area contributed by atoms with Crippen molar-refractivity contribution >= 4 is 27.3 Å². The van der Waals surface area contributed by atoms with Gasteiger partial charge in [-0.15, -0.1) is 11.3 Å². The molecule has 1 atom stereocenters. The summed E-state index contributed by atoms with van der Waals surface area (Å²) in [4.78, 5) is 1.36. The molecule has 0 saturated heterocycles. The van der Waals surface area contributed by atoms with Crippen molar-refractivity contribution in [2.24, 2.45) is 5.92 Å². The van der Waals surface area contributed by atoms with Crippen LogP contribution in [0.15, 0.2) is 34.1 Å². The fourth-order valence-electron chi connectivity index (χ4n) is 2.90. The molecular formula is C17H18BrNO2S. The zero-order valence-corrected chi connectivity index (χ0v) is 14.6. The SMILES string of the molecule is Brc1ccc(CNC(c2ccc3c(c2)OCCO3)C2CC2)s1. The van der Waals surface area contributed by atoms with E-state index in [0.717, 1.165) is 24.0 Å². The fourth-order valence-corrected chi connectivity index (χ4v) is 4.33. The third-order valence-corrected chi connectivity index (χ3v) is 5.77. The predicted octanol–water partition coefficient (Wildman–Crippen LogP) is 4.52. The lowest BCUT2D eigenvalue weighted by Crippen LogP contribution is -2.23. The van der Waals surface area contributed by atoms with Gasteiger partial charge in [0, 0.05) is 17.5 Å². The first-order chi connectivity index (χ1) is 10.8. The van der Waals surface area contributed by atoms with Crippen LogP contribution in [0, 0.1) is 5.92 Å². The van der Waals surface area contributed by atoms with E-state index >= 15 is 0 Å². The van der Waals surface area contributed by atoms with E-state index in [-0.39, 0.29) is 0 Å². The van der Waals surface area contributed by atoms with Crippen molar-refractivity contribution in [1.82, 2.24) is 5.32 Å². The fraction of sp³-hybridized carbons (Fsp3) is 0.412. The average molecular weight is 380 g/mol. The number of hydrogen-bond donors (Lipinski definition) is 1. The predicted molar refractivity (Wildman–Crippen MR) is 91.8 cm³/mol. The van der Waals surface area contributed by atoms with E-state index in [4.69, 9.17) is 9.47 Å². The maximum absolute atomic E-state index is 5.72. The third kappa shape index (κ3) is 3.16. The Kier molecular flexibility index (Phi) is 4.11. The second kappa shape index (κ2) is 6.22. The third-order valence-electron chi connectivity index (χ3n) is 4.14. The van der Waals surface area contributed by atoms with Crippen LogP contribution in [0.25, 0.3) is 0 Å². The van der Waals surface area contributed by atoms with E-state index in [9.17, 15) is 0 Å². The summed E-state index contributed by atoms with van der Waals surface area (Å²) in [6, 6.07) is 11.1. The number of benzene rings is 1. The largest absolute Gasteiger partial charge is 0.486 e. The van der Waals surface area contributed by atoms with Gasteiger partial charge in [0.2, 0.25) is 0 Å². The van der Waals surface area contributed by atoms with Crippen molar-refractivity contribution in [1.29, 1.82) is 0 Å². The summed E-state index contributed by atoms with van der Waals surface area (Å²) in [6.45, 7) is 2.19. The monoisotopic (exact) mass is 379 g/mol.